The first-order chi connectivity index (χ1) is 16.2. The molecule has 0 amide bonds. The normalized spacial score (nSPS) is 11.0. The van der Waals surface area contributed by atoms with Gasteiger partial charge in [-0.25, -0.2) is 0 Å². The number of hydrogen-bond acceptors (Lipinski definition) is 2. The summed E-state index contributed by atoms with van der Waals surface area (Å²) in [5, 5.41) is 0. The van der Waals surface area contributed by atoms with Gasteiger partial charge in [-0.05, 0) is 111 Å². The zero-order valence-electron chi connectivity index (χ0n) is 20.9. The number of ether oxygens (including phenoxy) is 1. The molecule has 0 N–H and O–H groups in total. The van der Waals surface area contributed by atoms with Crippen LogP contribution in [-0.4, -0.2) is 5.78 Å². The molecule has 0 bridgehead atoms. The SMILES string of the molecule is Cc1cc(C)c(C(C(=O)c2ccc(Oc3ccccc3)cc2)c2c(C)cc(C)cc2C)c(C)c1. The summed E-state index contributed by atoms with van der Waals surface area (Å²) in [4.78, 5) is 14.2. The molecule has 0 spiro atoms. The minimum absolute atomic E-state index is 0.108. The number of carbonyl (C=O) groups excluding carboxylic acids is 1. The van der Waals surface area contributed by atoms with Crippen molar-refractivity contribution in [1.29, 1.82) is 0 Å². The standard InChI is InChI=1S/C32H32O2/c1-20-16-22(3)29(23(4)17-20)31(30-24(5)18-21(2)19-25(30)6)32(33)26-12-14-28(15-13-26)34-27-10-8-7-9-11-27/h7-19,31H,1-6H3. The van der Waals surface area contributed by atoms with Crippen molar-refractivity contribution in [2.45, 2.75) is 47.5 Å². The summed E-state index contributed by atoms with van der Waals surface area (Å²) in [6.07, 6.45) is 0. The molecule has 0 saturated carbocycles. The smallest absolute Gasteiger partial charge is 0.174 e. The van der Waals surface area contributed by atoms with Crippen LogP contribution in [0.2, 0.25) is 0 Å². The van der Waals surface area contributed by atoms with Crippen LogP contribution in [0.1, 0.15) is 60.8 Å². The predicted octanol–water partition coefficient (Wildman–Crippen LogP) is 8.34. The monoisotopic (exact) mass is 448 g/mol. The maximum absolute atomic E-state index is 14.2. The Balaban J connectivity index is 1.79. The van der Waals surface area contributed by atoms with E-state index in [9.17, 15) is 4.79 Å². The van der Waals surface area contributed by atoms with Crippen molar-refractivity contribution in [3.05, 3.63) is 129 Å². The van der Waals surface area contributed by atoms with E-state index in [0.29, 0.717) is 11.3 Å². The van der Waals surface area contributed by atoms with Crippen LogP contribution in [0.3, 0.4) is 0 Å². The molecule has 0 radical (unpaired) electrons. The maximum Gasteiger partial charge on any atom is 0.174 e. The zero-order chi connectivity index (χ0) is 24.4. The lowest BCUT2D eigenvalue weighted by Crippen LogP contribution is -2.19. The Hall–Kier alpha value is -3.65. The van der Waals surface area contributed by atoms with Crippen molar-refractivity contribution < 1.29 is 9.53 Å². The highest BCUT2D eigenvalue weighted by atomic mass is 16.5. The Labute approximate surface area is 203 Å². The van der Waals surface area contributed by atoms with Crippen molar-refractivity contribution in [2.24, 2.45) is 0 Å². The van der Waals surface area contributed by atoms with E-state index in [2.05, 4.69) is 65.8 Å². The number of para-hydroxylation sites is 1. The molecule has 0 heterocycles. The van der Waals surface area contributed by atoms with Crippen LogP contribution in [0.4, 0.5) is 0 Å². The molecule has 0 unspecified atom stereocenters. The molecule has 34 heavy (non-hydrogen) atoms. The van der Waals surface area contributed by atoms with Gasteiger partial charge in [-0.15, -0.1) is 0 Å². The molecule has 4 aromatic rings. The van der Waals surface area contributed by atoms with E-state index < -0.39 is 0 Å². The van der Waals surface area contributed by atoms with E-state index in [0.717, 1.165) is 39.1 Å². The summed E-state index contributed by atoms with van der Waals surface area (Å²) < 4.78 is 5.93. The molecule has 0 saturated heterocycles. The van der Waals surface area contributed by atoms with E-state index in [1.165, 1.54) is 11.1 Å². The lowest BCUT2D eigenvalue weighted by atomic mass is 9.77. The van der Waals surface area contributed by atoms with E-state index in [-0.39, 0.29) is 11.7 Å². The fraction of sp³-hybridized carbons (Fsp3) is 0.219. The Kier molecular flexibility index (Phi) is 6.70. The molecule has 2 nitrogen and oxygen atoms in total. The third-order valence-corrected chi connectivity index (χ3v) is 6.43. The third-order valence-electron chi connectivity index (χ3n) is 6.43. The molecule has 0 aromatic heterocycles. The first-order valence-corrected chi connectivity index (χ1v) is 11.8. The van der Waals surface area contributed by atoms with E-state index in [4.69, 9.17) is 4.74 Å². The van der Waals surface area contributed by atoms with Crippen LogP contribution in [0.5, 0.6) is 11.5 Å². The molecule has 0 aliphatic rings. The highest BCUT2D eigenvalue weighted by molar-refractivity contribution is 6.04. The fourth-order valence-corrected chi connectivity index (χ4v) is 5.18. The highest BCUT2D eigenvalue weighted by Crippen LogP contribution is 2.38. The molecule has 172 valence electrons. The molecule has 0 atom stereocenters. The van der Waals surface area contributed by atoms with Crippen LogP contribution < -0.4 is 4.74 Å². The second-order valence-electron chi connectivity index (χ2n) is 9.36. The predicted molar refractivity (Wildman–Crippen MR) is 140 cm³/mol. The van der Waals surface area contributed by atoms with Crippen molar-refractivity contribution in [3.63, 3.8) is 0 Å². The second kappa shape index (κ2) is 9.69. The van der Waals surface area contributed by atoms with E-state index in [1.54, 1.807) is 0 Å². The minimum Gasteiger partial charge on any atom is -0.457 e. The fourth-order valence-electron chi connectivity index (χ4n) is 5.18. The number of rotatable bonds is 6. The van der Waals surface area contributed by atoms with Gasteiger partial charge in [-0.2, -0.15) is 0 Å². The molecule has 0 fully saturated rings. The number of ketones is 1. The zero-order valence-corrected chi connectivity index (χ0v) is 20.9. The van der Waals surface area contributed by atoms with Gasteiger partial charge >= 0.3 is 0 Å². The number of aryl methyl sites for hydroxylation is 6. The van der Waals surface area contributed by atoms with Gasteiger partial charge < -0.3 is 4.74 Å². The third kappa shape index (κ3) is 4.82. The van der Waals surface area contributed by atoms with Crippen LogP contribution in [0.25, 0.3) is 0 Å². The Bertz CT molecular complexity index is 1230. The lowest BCUT2D eigenvalue weighted by Gasteiger charge is -2.25. The van der Waals surface area contributed by atoms with Gasteiger partial charge in [0.15, 0.2) is 5.78 Å². The van der Waals surface area contributed by atoms with Crippen molar-refractivity contribution in [1.82, 2.24) is 0 Å². The number of benzene rings is 4. The summed E-state index contributed by atoms with van der Waals surface area (Å²) in [5.74, 6) is 1.24. The van der Waals surface area contributed by atoms with Gasteiger partial charge in [-0.1, -0.05) is 53.6 Å². The lowest BCUT2D eigenvalue weighted by molar-refractivity contribution is 0.0972. The van der Waals surface area contributed by atoms with Gasteiger partial charge in [0.1, 0.15) is 11.5 Å². The van der Waals surface area contributed by atoms with Gasteiger partial charge in [0.2, 0.25) is 0 Å². The van der Waals surface area contributed by atoms with Gasteiger partial charge in [0.05, 0.1) is 5.92 Å². The number of hydrogen-bond donors (Lipinski definition) is 0. The Morgan fingerprint density at radius 3 is 1.44 bits per heavy atom. The Morgan fingerprint density at radius 2 is 1.00 bits per heavy atom. The van der Waals surface area contributed by atoms with E-state index in [1.807, 2.05) is 54.6 Å². The molecule has 0 aliphatic heterocycles. The molecule has 0 aliphatic carbocycles. The Morgan fingerprint density at radius 1 is 0.588 bits per heavy atom. The van der Waals surface area contributed by atoms with Crippen LogP contribution in [0.15, 0.2) is 78.9 Å². The van der Waals surface area contributed by atoms with Crippen LogP contribution >= 0.6 is 0 Å². The summed E-state index contributed by atoms with van der Waals surface area (Å²) in [7, 11) is 0. The largest absolute Gasteiger partial charge is 0.457 e. The minimum atomic E-state index is -0.359. The first kappa shape index (κ1) is 23.5. The quantitative estimate of drug-likeness (QED) is 0.277. The molecular weight excluding hydrogens is 416 g/mol. The number of Topliss-reactive ketones (excluding diaryl/α,β-unsaturated/α-hetero) is 1. The van der Waals surface area contributed by atoms with Gasteiger partial charge in [-0.3, -0.25) is 4.79 Å². The topological polar surface area (TPSA) is 26.3 Å². The first-order valence-electron chi connectivity index (χ1n) is 11.8. The number of carbonyl (C=O) groups is 1. The molecular formula is C32H32O2. The van der Waals surface area contributed by atoms with E-state index >= 15 is 0 Å². The van der Waals surface area contributed by atoms with Crippen molar-refractivity contribution in [3.8, 4) is 11.5 Å². The summed E-state index contributed by atoms with van der Waals surface area (Å²) >= 11 is 0. The second-order valence-corrected chi connectivity index (χ2v) is 9.36. The van der Waals surface area contributed by atoms with Crippen LogP contribution in [-0.2, 0) is 0 Å². The summed E-state index contributed by atoms with van der Waals surface area (Å²) in [6.45, 7) is 12.7. The highest BCUT2D eigenvalue weighted by Gasteiger charge is 2.29. The molecule has 4 rings (SSSR count). The average molecular weight is 449 g/mol. The van der Waals surface area contributed by atoms with Crippen molar-refractivity contribution in [2.75, 3.05) is 0 Å². The van der Waals surface area contributed by atoms with Gasteiger partial charge in [0, 0.05) is 5.56 Å². The molecule has 4 aromatic carbocycles. The summed E-state index contributed by atoms with van der Waals surface area (Å²) in [5.41, 5.74) is 9.93. The van der Waals surface area contributed by atoms with Crippen molar-refractivity contribution >= 4 is 5.78 Å². The van der Waals surface area contributed by atoms with Crippen LogP contribution in [0, 0.1) is 41.5 Å². The average Bonchev–Trinajstić information content (AvgIpc) is 2.77. The summed E-state index contributed by atoms with van der Waals surface area (Å²) in [6, 6.07) is 25.9. The van der Waals surface area contributed by atoms with Gasteiger partial charge in [0.25, 0.3) is 0 Å². The molecule has 2 heteroatoms. The maximum atomic E-state index is 14.2.